The van der Waals surface area contributed by atoms with Gasteiger partial charge >= 0.3 is 0 Å². The zero-order chi connectivity index (χ0) is 16.7. The lowest BCUT2D eigenvalue weighted by molar-refractivity contribution is -0.122. The van der Waals surface area contributed by atoms with E-state index in [2.05, 4.69) is 10.3 Å². The molecular formula is C19H19N3O2. The summed E-state index contributed by atoms with van der Waals surface area (Å²) in [5.41, 5.74) is 3.07. The van der Waals surface area contributed by atoms with Crippen LogP contribution < -0.4 is 5.32 Å². The lowest BCUT2D eigenvalue weighted by Gasteiger charge is -2.38. The summed E-state index contributed by atoms with van der Waals surface area (Å²) in [6.07, 6.45) is 4.65. The lowest BCUT2D eigenvalue weighted by Crippen LogP contribution is -2.48. The van der Waals surface area contributed by atoms with Gasteiger partial charge in [0.15, 0.2) is 0 Å². The number of piperidine rings is 1. The van der Waals surface area contributed by atoms with E-state index in [0.717, 1.165) is 16.8 Å². The number of nitrogens with zero attached hydrogens (tertiary/aromatic N) is 2. The maximum atomic E-state index is 12.7. The second-order valence-corrected chi connectivity index (χ2v) is 6.62. The Kier molecular flexibility index (Phi) is 3.37. The fourth-order valence-electron chi connectivity index (χ4n) is 3.82. The van der Waals surface area contributed by atoms with Crippen molar-refractivity contribution >= 4 is 17.5 Å². The van der Waals surface area contributed by atoms with Gasteiger partial charge in [-0.05, 0) is 43.0 Å². The van der Waals surface area contributed by atoms with Crippen LogP contribution in [0.15, 0.2) is 42.7 Å². The quantitative estimate of drug-likeness (QED) is 0.878. The van der Waals surface area contributed by atoms with Crippen LogP contribution in [0, 0.1) is 6.92 Å². The summed E-state index contributed by atoms with van der Waals surface area (Å²) < 4.78 is 0. The van der Waals surface area contributed by atoms with E-state index in [9.17, 15) is 9.59 Å². The van der Waals surface area contributed by atoms with Gasteiger partial charge in [-0.15, -0.1) is 0 Å². The van der Waals surface area contributed by atoms with Crippen LogP contribution in [0.2, 0.25) is 0 Å². The van der Waals surface area contributed by atoms with Crippen molar-refractivity contribution in [2.75, 3.05) is 18.4 Å². The Morgan fingerprint density at radius 3 is 2.71 bits per heavy atom. The summed E-state index contributed by atoms with van der Waals surface area (Å²) in [5.74, 6) is 0.0563. The summed E-state index contributed by atoms with van der Waals surface area (Å²) in [6, 6.07) is 9.72. The number of pyridine rings is 1. The predicted octanol–water partition coefficient (Wildman–Crippen LogP) is 2.52. The lowest BCUT2D eigenvalue weighted by atomic mass is 9.73. The molecule has 0 bridgehead atoms. The first-order valence-corrected chi connectivity index (χ1v) is 8.22. The Bertz CT molecular complexity index is 823. The van der Waals surface area contributed by atoms with E-state index in [1.54, 1.807) is 12.4 Å². The number of hydrogen-bond acceptors (Lipinski definition) is 3. The topological polar surface area (TPSA) is 62.3 Å². The molecule has 1 N–H and O–H groups in total. The number of aryl methyl sites for hydroxylation is 1. The number of amides is 2. The van der Waals surface area contributed by atoms with Crippen molar-refractivity contribution in [3.63, 3.8) is 0 Å². The Morgan fingerprint density at radius 2 is 1.96 bits per heavy atom. The van der Waals surface area contributed by atoms with Crippen LogP contribution in [0.3, 0.4) is 0 Å². The van der Waals surface area contributed by atoms with E-state index in [-0.39, 0.29) is 11.8 Å². The number of nitrogens with one attached hydrogen (secondary N) is 1. The number of para-hydroxylation sites is 1. The number of rotatable bonds is 1. The third-order valence-electron chi connectivity index (χ3n) is 5.15. The van der Waals surface area contributed by atoms with Crippen LogP contribution in [-0.2, 0) is 10.2 Å². The summed E-state index contributed by atoms with van der Waals surface area (Å²) in [4.78, 5) is 31.2. The van der Waals surface area contributed by atoms with Gasteiger partial charge in [-0.1, -0.05) is 18.2 Å². The van der Waals surface area contributed by atoms with Crippen molar-refractivity contribution in [3.05, 3.63) is 59.4 Å². The second kappa shape index (κ2) is 5.44. The molecule has 0 saturated carbocycles. The van der Waals surface area contributed by atoms with Crippen molar-refractivity contribution in [1.29, 1.82) is 0 Å². The van der Waals surface area contributed by atoms with Crippen LogP contribution in [0.25, 0.3) is 0 Å². The first kappa shape index (κ1) is 14.9. The summed E-state index contributed by atoms with van der Waals surface area (Å²) in [7, 11) is 0. The molecular weight excluding hydrogens is 302 g/mol. The fourth-order valence-corrected chi connectivity index (χ4v) is 3.82. The number of aromatic nitrogens is 1. The molecule has 1 spiro atoms. The van der Waals surface area contributed by atoms with Crippen molar-refractivity contribution in [1.82, 2.24) is 9.88 Å². The van der Waals surface area contributed by atoms with Gasteiger partial charge in [-0.2, -0.15) is 0 Å². The minimum absolute atomic E-state index is 0.00672. The highest BCUT2D eigenvalue weighted by Crippen LogP contribution is 2.44. The molecule has 2 aliphatic heterocycles. The largest absolute Gasteiger partial charge is 0.339 e. The highest BCUT2D eigenvalue weighted by Gasteiger charge is 2.48. The Hall–Kier alpha value is -2.69. The zero-order valence-corrected chi connectivity index (χ0v) is 13.6. The number of benzene rings is 1. The van der Waals surface area contributed by atoms with Crippen molar-refractivity contribution < 1.29 is 9.59 Å². The third kappa shape index (κ3) is 2.19. The molecule has 4 rings (SSSR count). The van der Waals surface area contributed by atoms with Crippen molar-refractivity contribution in [3.8, 4) is 0 Å². The van der Waals surface area contributed by atoms with E-state index in [1.807, 2.05) is 42.2 Å². The highest BCUT2D eigenvalue weighted by atomic mass is 16.2. The minimum Gasteiger partial charge on any atom is -0.339 e. The van der Waals surface area contributed by atoms with Crippen LogP contribution in [-0.4, -0.2) is 34.8 Å². The predicted molar refractivity (Wildman–Crippen MR) is 90.9 cm³/mol. The van der Waals surface area contributed by atoms with Crippen LogP contribution in [0.4, 0.5) is 5.69 Å². The first-order chi connectivity index (χ1) is 11.6. The SMILES string of the molecule is Cc1cncc(C(=O)N2CCC3(CC2)C(=O)Nc2ccccc23)c1. The van der Waals surface area contributed by atoms with Gasteiger partial charge in [0.1, 0.15) is 0 Å². The molecule has 0 radical (unpaired) electrons. The molecule has 5 nitrogen and oxygen atoms in total. The molecule has 2 aromatic rings. The van der Waals surface area contributed by atoms with Gasteiger partial charge in [-0.3, -0.25) is 14.6 Å². The molecule has 0 atom stereocenters. The van der Waals surface area contributed by atoms with Crippen molar-refractivity contribution in [2.45, 2.75) is 25.2 Å². The fraction of sp³-hybridized carbons (Fsp3) is 0.316. The minimum atomic E-state index is -0.488. The molecule has 0 aliphatic carbocycles. The van der Waals surface area contributed by atoms with Gasteiger partial charge < -0.3 is 10.2 Å². The van der Waals surface area contributed by atoms with Crippen LogP contribution in [0.5, 0.6) is 0 Å². The maximum Gasteiger partial charge on any atom is 0.255 e. The van der Waals surface area contributed by atoms with Crippen LogP contribution >= 0.6 is 0 Å². The average Bonchev–Trinajstić information content (AvgIpc) is 2.87. The summed E-state index contributed by atoms with van der Waals surface area (Å²) in [5, 5.41) is 2.99. The van der Waals surface area contributed by atoms with E-state index in [4.69, 9.17) is 0 Å². The van der Waals surface area contributed by atoms with E-state index in [1.165, 1.54) is 0 Å². The maximum absolute atomic E-state index is 12.7. The molecule has 2 amide bonds. The summed E-state index contributed by atoms with van der Waals surface area (Å²) in [6.45, 7) is 3.08. The van der Waals surface area contributed by atoms with Gasteiger partial charge in [0.2, 0.25) is 5.91 Å². The zero-order valence-electron chi connectivity index (χ0n) is 13.6. The molecule has 1 saturated heterocycles. The average molecular weight is 321 g/mol. The molecule has 1 aromatic heterocycles. The van der Waals surface area contributed by atoms with Gasteiger partial charge in [-0.25, -0.2) is 0 Å². The highest BCUT2D eigenvalue weighted by molar-refractivity contribution is 6.06. The van der Waals surface area contributed by atoms with E-state index in [0.29, 0.717) is 31.5 Å². The smallest absolute Gasteiger partial charge is 0.255 e. The Balaban J connectivity index is 1.55. The number of anilines is 1. The van der Waals surface area contributed by atoms with Gasteiger partial charge in [0, 0.05) is 31.2 Å². The number of hydrogen-bond donors (Lipinski definition) is 1. The van der Waals surface area contributed by atoms with Gasteiger partial charge in [0.05, 0.1) is 11.0 Å². The molecule has 122 valence electrons. The number of carbonyl (C=O) groups is 2. The molecule has 2 aliphatic rings. The molecule has 1 fully saturated rings. The van der Waals surface area contributed by atoms with E-state index >= 15 is 0 Å². The molecule has 1 aromatic carbocycles. The number of carbonyl (C=O) groups excluding carboxylic acids is 2. The molecule has 5 heteroatoms. The first-order valence-electron chi connectivity index (χ1n) is 8.22. The molecule has 0 unspecified atom stereocenters. The standard InChI is InChI=1S/C19H19N3O2/c1-13-10-14(12-20-11-13)17(23)22-8-6-19(7-9-22)15-4-2-3-5-16(15)21-18(19)24/h2-5,10-12H,6-9H2,1H3,(H,21,24). The van der Waals surface area contributed by atoms with Crippen molar-refractivity contribution in [2.24, 2.45) is 0 Å². The van der Waals surface area contributed by atoms with Gasteiger partial charge in [0.25, 0.3) is 5.91 Å². The number of fused-ring (bicyclic) bond motifs is 2. The Labute approximate surface area is 140 Å². The van der Waals surface area contributed by atoms with E-state index < -0.39 is 5.41 Å². The summed E-state index contributed by atoms with van der Waals surface area (Å²) >= 11 is 0. The second-order valence-electron chi connectivity index (χ2n) is 6.62. The molecule has 3 heterocycles. The third-order valence-corrected chi connectivity index (χ3v) is 5.15. The normalized spacial score (nSPS) is 18.4. The Morgan fingerprint density at radius 1 is 1.21 bits per heavy atom. The van der Waals surface area contributed by atoms with Crippen LogP contribution in [0.1, 0.15) is 34.3 Å². The number of likely N-dealkylation sites (tertiary alicyclic amines) is 1. The monoisotopic (exact) mass is 321 g/mol. The molecule has 24 heavy (non-hydrogen) atoms.